The predicted molar refractivity (Wildman–Crippen MR) is 98.5 cm³/mol. The summed E-state index contributed by atoms with van der Waals surface area (Å²) in [5.41, 5.74) is 0. The summed E-state index contributed by atoms with van der Waals surface area (Å²) in [6, 6.07) is 0. The minimum absolute atomic E-state index is 0.840. The van der Waals surface area contributed by atoms with Gasteiger partial charge in [0.2, 0.25) is 0 Å². The minimum atomic E-state index is 0.840. The summed E-state index contributed by atoms with van der Waals surface area (Å²) >= 11 is 13.4. The first-order chi connectivity index (χ1) is 9.83. The molecule has 20 heavy (non-hydrogen) atoms. The molecule has 1 aromatic heterocycles. The zero-order valence-corrected chi connectivity index (χ0v) is 15.8. The fourth-order valence-electron chi connectivity index (χ4n) is 3.07. The van der Waals surface area contributed by atoms with Crippen LogP contribution in [0.5, 0.6) is 0 Å². The van der Waals surface area contributed by atoms with Crippen LogP contribution in [0.2, 0.25) is 0 Å². The van der Waals surface area contributed by atoms with Gasteiger partial charge in [-0.15, -0.1) is 46.2 Å². The van der Waals surface area contributed by atoms with Crippen LogP contribution in [0.1, 0.15) is 64.2 Å². The molecular formula is C15H22S5. The first kappa shape index (κ1) is 15.9. The number of thioether (sulfide) groups is 2. The van der Waals surface area contributed by atoms with Crippen LogP contribution in [-0.4, -0.2) is 10.5 Å². The lowest BCUT2D eigenvalue weighted by atomic mass is 10.0. The molecule has 2 atom stereocenters. The second-order valence-corrected chi connectivity index (χ2v) is 12.0. The SMILES string of the molecule is S=c1sc2c(s1)S[C@@H]1CCCCCCCCCC[C@H]1S2. The second-order valence-electron chi connectivity index (χ2n) is 5.75. The van der Waals surface area contributed by atoms with Crippen LogP contribution < -0.4 is 0 Å². The molecule has 2 heterocycles. The fraction of sp³-hybridized carbons (Fsp3) is 0.800. The molecule has 5 heteroatoms. The summed E-state index contributed by atoms with van der Waals surface area (Å²) < 4.78 is 4.17. The topological polar surface area (TPSA) is 0 Å². The van der Waals surface area contributed by atoms with Gasteiger partial charge in [-0.1, -0.05) is 63.6 Å². The molecule has 0 nitrogen and oxygen atoms in total. The van der Waals surface area contributed by atoms with E-state index in [1.807, 2.05) is 22.7 Å². The first-order valence-electron chi connectivity index (χ1n) is 7.80. The Kier molecular flexibility index (Phi) is 6.34. The summed E-state index contributed by atoms with van der Waals surface area (Å²) in [6.07, 6.45) is 14.4. The van der Waals surface area contributed by atoms with Gasteiger partial charge >= 0.3 is 0 Å². The van der Waals surface area contributed by atoms with E-state index in [4.69, 9.17) is 12.2 Å². The van der Waals surface area contributed by atoms with Crippen molar-refractivity contribution in [1.29, 1.82) is 0 Å². The van der Waals surface area contributed by atoms with Crippen LogP contribution in [0, 0.1) is 3.14 Å². The average molecular weight is 363 g/mol. The van der Waals surface area contributed by atoms with Gasteiger partial charge in [-0.05, 0) is 12.8 Å². The molecule has 1 saturated carbocycles. The standard InChI is InChI=1S/C15H22S5/c16-15-19-13-14(20-15)18-12-10-8-6-4-2-1-3-5-7-9-11(12)17-13/h11-12H,1-10H2/t11-,12-/m1/s1. The first-order valence-corrected chi connectivity index (χ1v) is 11.6. The Balaban J connectivity index is 1.69. The molecule has 2 aliphatic rings. The molecule has 0 bridgehead atoms. The second kappa shape index (κ2) is 8.00. The summed E-state index contributed by atoms with van der Waals surface area (Å²) in [5, 5.41) is 1.68. The lowest BCUT2D eigenvalue weighted by molar-refractivity contribution is 0.514. The van der Waals surface area contributed by atoms with Crippen LogP contribution in [-0.2, 0) is 0 Å². The maximum absolute atomic E-state index is 5.39. The van der Waals surface area contributed by atoms with Crippen molar-refractivity contribution in [3.63, 3.8) is 0 Å². The average Bonchev–Trinajstić information content (AvgIpc) is 2.77. The van der Waals surface area contributed by atoms with Crippen molar-refractivity contribution < 1.29 is 0 Å². The number of fused-ring (bicyclic) bond motifs is 2. The van der Waals surface area contributed by atoms with Crippen molar-refractivity contribution in [2.45, 2.75) is 83.1 Å². The van der Waals surface area contributed by atoms with Gasteiger partial charge in [0.25, 0.3) is 0 Å². The van der Waals surface area contributed by atoms with Gasteiger partial charge in [0.05, 0.1) is 8.42 Å². The zero-order chi connectivity index (χ0) is 13.8. The maximum atomic E-state index is 5.39. The molecule has 0 radical (unpaired) electrons. The molecule has 0 N–H and O–H groups in total. The van der Waals surface area contributed by atoms with E-state index in [-0.39, 0.29) is 0 Å². The number of rotatable bonds is 0. The van der Waals surface area contributed by atoms with Crippen molar-refractivity contribution in [2.24, 2.45) is 0 Å². The van der Waals surface area contributed by atoms with Gasteiger partial charge in [0.15, 0.2) is 0 Å². The van der Waals surface area contributed by atoms with Crippen molar-refractivity contribution in [3.05, 3.63) is 3.14 Å². The zero-order valence-electron chi connectivity index (χ0n) is 11.8. The van der Waals surface area contributed by atoms with Gasteiger partial charge < -0.3 is 0 Å². The highest BCUT2D eigenvalue weighted by atomic mass is 32.2. The van der Waals surface area contributed by atoms with Crippen molar-refractivity contribution in [1.82, 2.24) is 0 Å². The molecule has 1 fully saturated rings. The Hall–Kier alpha value is 0.970. The quantitative estimate of drug-likeness (QED) is 0.442. The summed E-state index contributed by atoms with van der Waals surface area (Å²) in [6.45, 7) is 0. The van der Waals surface area contributed by atoms with E-state index < -0.39 is 0 Å². The van der Waals surface area contributed by atoms with Crippen molar-refractivity contribution in [2.75, 3.05) is 0 Å². The highest BCUT2D eigenvalue weighted by molar-refractivity contribution is 8.09. The third kappa shape index (κ3) is 4.25. The molecule has 1 aliphatic heterocycles. The minimum Gasteiger partial charge on any atom is -0.109 e. The van der Waals surface area contributed by atoms with E-state index in [0.717, 1.165) is 13.6 Å². The van der Waals surface area contributed by atoms with E-state index in [2.05, 4.69) is 23.5 Å². The van der Waals surface area contributed by atoms with Crippen molar-refractivity contribution in [3.8, 4) is 0 Å². The third-order valence-electron chi connectivity index (χ3n) is 4.18. The molecular weight excluding hydrogens is 341 g/mol. The van der Waals surface area contributed by atoms with Crippen LogP contribution in [0.3, 0.4) is 0 Å². The summed E-state index contributed by atoms with van der Waals surface area (Å²) in [7, 11) is 0. The largest absolute Gasteiger partial charge is 0.145 e. The predicted octanol–water partition coefficient (Wildman–Crippen LogP) is 7.39. The van der Waals surface area contributed by atoms with Crippen LogP contribution >= 0.6 is 58.4 Å². The molecule has 0 unspecified atom stereocenters. The molecule has 3 rings (SSSR count). The normalized spacial score (nSPS) is 28.8. The number of hydrogen-bond acceptors (Lipinski definition) is 5. The molecule has 1 aliphatic carbocycles. The molecule has 112 valence electrons. The molecule has 0 amide bonds. The van der Waals surface area contributed by atoms with E-state index in [9.17, 15) is 0 Å². The molecule has 1 aromatic rings. The summed E-state index contributed by atoms with van der Waals surface area (Å²) in [4.78, 5) is 0. The van der Waals surface area contributed by atoms with E-state index in [1.54, 1.807) is 0 Å². The Bertz CT molecular complexity index is 434. The smallest absolute Gasteiger partial charge is 0.109 e. The molecule has 0 saturated heterocycles. The highest BCUT2D eigenvalue weighted by Crippen LogP contribution is 2.53. The lowest BCUT2D eigenvalue weighted by Gasteiger charge is -2.30. The fourth-order valence-corrected chi connectivity index (χ4v) is 10.3. The van der Waals surface area contributed by atoms with Gasteiger partial charge in [-0.2, -0.15) is 0 Å². The van der Waals surface area contributed by atoms with Crippen LogP contribution in [0.15, 0.2) is 8.42 Å². The summed E-state index contributed by atoms with van der Waals surface area (Å²) in [5.74, 6) is 0. The molecule has 0 spiro atoms. The van der Waals surface area contributed by atoms with Crippen molar-refractivity contribution >= 4 is 58.4 Å². The van der Waals surface area contributed by atoms with Gasteiger partial charge in [0.1, 0.15) is 3.14 Å². The maximum Gasteiger partial charge on any atom is 0.145 e. The van der Waals surface area contributed by atoms with Gasteiger partial charge in [-0.3, -0.25) is 0 Å². The van der Waals surface area contributed by atoms with Gasteiger partial charge in [-0.25, -0.2) is 0 Å². The van der Waals surface area contributed by atoms with Crippen LogP contribution in [0.4, 0.5) is 0 Å². The number of hydrogen-bond donors (Lipinski definition) is 0. The highest BCUT2D eigenvalue weighted by Gasteiger charge is 2.31. The van der Waals surface area contributed by atoms with Crippen LogP contribution in [0.25, 0.3) is 0 Å². The Morgan fingerprint density at radius 1 is 0.650 bits per heavy atom. The Morgan fingerprint density at radius 3 is 1.50 bits per heavy atom. The monoisotopic (exact) mass is 362 g/mol. The molecule has 0 aromatic carbocycles. The Morgan fingerprint density at radius 2 is 1.05 bits per heavy atom. The Labute approximate surface area is 144 Å². The van der Waals surface area contributed by atoms with E-state index in [0.29, 0.717) is 0 Å². The third-order valence-corrected chi connectivity index (χ3v) is 10.6. The lowest BCUT2D eigenvalue weighted by Crippen LogP contribution is -2.22. The van der Waals surface area contributed by atoms with E-state index in [1.165, 1.54) is 72.6 Å². The van der Waals surface area contributed by atoms with E-state index >= 15 is 0 Å². The van der Waals surface area contributed by atoms with Gasteiger partial charge in [0, 0.05) is 10.5 Å².